The molecule has 0 saturated carbocycles. The van der Waals surface area contributed by atoms with Crippen molar-refractivity contribution in [2.24, 2.45) is 7.05 Å². The summed E-state index contributed by atoms with van der Waals surface area (Å²) >= 11 is 0. The Kier molecular flexibility index (Phi) is 8.92. The number of aliphatic hydroxyl groups is 1. The molecule has 0 spiro atoms. The molecule has 230 valence electrons. The second kappa shape index (κ2) is 12.7. The number of hydrogen-bond donors (Lipinski definition) is 3. The molecule has 3 N–H and O–H groups in total. The molecule has 3 aromatic rings. The number of carbonyl (C=O) groups is 2. The highest BCUT2D eigenvalue weighted by Crippen LogP contribution is 2.29. The highest BCUT2D eigenvalue weighted by Gasteiger charge is 2.23. The van der Waals surface area contributed by atoms with E-state index in [-0.39, 0.29) is 34.9 Å². The summed E-state index contributed by atoms with van der Waals surface area (Å²) in [6.07, 6.45) is 7.43. The summed E-state index contributed by atoms with van der Waals surface area (Å²) in [5.74, 6) is -0.177. The number of likely N-dealkylation sites (tertiary alicyclic amines) is 1. The molecule has 2 heterocycles. The number of aryl methyl sites for hydroxylation is 1. The van der Waals surface area contributed by atoms with Crippen molar-refractivity contribution in [3.05, 3.63) is 111 Å². The molecule has 1 atom stereocenters. The number of rotatable bonds is 6. The zero-order chi connectivity index (χ0) is 31.6. The monoisotopic (exact) mass is 594 g/mol. The van der Waals surface area contributed by atoms with Gasteiger partial charge in [0.05, 0.1) is 12.1 Å². The fourth-order valence-electron chi connectivity index (χ4n) is 5.72. The summed E-state index contributed by atoms with van der Waals surface area (Å²) in [5, 5.41) is 16.2. The number of pyridine rings is 1. The molecule has 1 aliphatic heterocycles. The summed E-state index contributed by atoms with van der Waals surface area (Å²) in [5.41, 5.74) is 6.14. The summed E-state index contributed by atoms with van der Waals surface area (Å²) in [6.45, 7) is 9.55. The van der Waals surface area contributed by atoms with Gasteiger partial charge in [-0.3, -0.25) is 14.4 Å². The van der Waals surface area contributed by atoms with Gasteiger partial charge in [-0.15, -0.1) is 0 Å². The second-order valence-electron chi connectivity index (χ2n) is 12.9. The number of allylic oxidation sites excluding steroid dienone is 2. The van der Waals surface area contributed by atoms with Gasteiger partial charge in [0.1, 0.15) is 5.69 Å². The zero-order valence-corrected chi connectivity index (χ0v) is 26.2. The molecule has 5 rings (SSSR count). The van der Waals surface area contributed by atoms with Crippen LogP contribution in [0.1, 0.15) is 78.8 Å². The minimum absolute atomic E-state index is 0.0161. The molecule has 1 unspecified atom stereocenters. The molecule has 1 fully saturated rings. The highest BCUT2D eigenvalue weighted by molar-refractivity contribution is 5.95. The minimum atomic E-state index is -0.339. The lowest BCUT2D eigenvalue weighted by atomic mass is 9.86. The van der Waals surface area contributed by atoms with E-state index in [0.29, 0.717) is 54.9 Å². The van der Waals surface area contributed by atoms with Gasteiger partial charge in [0.15, 0.2) is 0 Å². The van der Waals surface area contributed by atoms with E-state index in [0.717, 1.165) is 16.7 Å². The van der Waals surface area contributed by atoms with Crippen molar-refractivity contribution in [2.45, 2.75) is 64.5 Å². The Bertz CT molecular complexity index is 1650. The molecule has 1 aromatic heterocycles. The Balaban J connectivity index is 1.32. The first-order valence-electron chi connectivity index (χ1n) is 15.2. The van der Waals surface area contributed by atoms with E-state index >= 15 is 0 Å². The first-order valence-corrected chi connectivity index (χ1v) is 15.2. The van der Waals surface area contributed by atoms with Crippen LogP contribution in [0.15, 0.2) is 83.3 Å². The van der Waals surface area contributed by atoms with Crippen LogP contribution in [0.3, 0.4) is 0 Å². The van der Waals surface area contributed by atoms with Gasteiger partial charge in [-0.25, -0.2) is 0 Å². The molecule has 2 aromatic carbocycles. The molecule has 44 heavy (non-hydrogen) atoms. The number of aromatic nitrogens is 1. The fraction of sp³-hybridized carbons (Fsp3) is 0.361. The summed E-state index contributed by atoms with van der Waals surface area (Å²) in [6, 6.07) is 16.5. The number of hydrogen-bond acceptors (Lipinski definition) is 5. The number of piperidine rings is 1. The zero-order valence-electron chi connectivity index (χ0n) is 26.2. The van der Waals surface area contributed by atoms with E-state index in [1.165, 1.54) is 5.56 Å². The van der Waals surface area contributed by atoms with Crippen LogP contribution in [0.5, 0.6) is 0 Å². The maximum atomic E-state index is 13.1. The van der Waals surface area contributed by atoms with Crippen molar-refractivity contribution < 1.29 is 14.7 Å². The summed E-state index contributed by atoms with van der Waals surface area (Å²) in [7, 11) is 1.72. The molecule has 8 nitrogen and oxygen atoms in total. The first kappa shape index (κ1) is 31.0. The molecule has 8 heteroatoms. The lowest BCUT2D eigenvalue weighted by molar-refractivity contribution is 0.0546. The van der Waals surface area contributed by atoms with Gasteiger partial charge in [-0.1, -0.05) is 45.1 Å². The van der Waals surface area contributed by atoms with Crippen molar-refractivity contribution in [1.82, 2.24) is 14.8 Å². The summed E-state index contributed by atoms with van der Waals surface area (Å²) < 4.78 is 1.55. The molecule has 1 aliphatic carbocycles. The van der Waals surface area contributed by atoms with Gasteiger partial charge < -0.3 is 25.2 Å². The molecular formula is C36H42N4O4. The predicted molar refractivity (Wildman–Crippen MR) is 175 cm³/mol. The first-order chi connectivity index (χ1) is 20.9. The van der Waals surface area contributed by atoms with Crippen LogP contribution in [0, 0.1) is 0 Å². The predicted octanol–water partition coefficient (Wildman–Crippen LogP) is 5.56. The van der Waals surface area contributed by atoms with Crippen LogP contribution >= 0.6 is 0 Å². The Morgan fingerprint density at radius 3 is 2.23 bits per heavy atom. The number of aliphatic hydroxyl groups excluding tert-OH is 1. The van der Waals surface area contributed by atoms with Crippen molar-refractivity contribution in [3.63, 3.8) is 0 Å². The number of amides is 2. The van der Waals surface area contributed by atoms with Gasteiger partial charge in [-0.05, 0) is 90.8 Å². The van der Waals surface area contributed by atoms with Gasteiger partial charge in [0.25, 0.3) is 17.4 Å². The van der Waals surface area contributed by atoms with Crippen LogP contribution < -0.4 is 16.2 Å². The normalized spacial score (nSPS) is 17.5. The molecule has 2 aliphatic rings. The van der Waals surface area contributed by atoms with Crippen LogP contribution in [-0.2, 0) is 12.5 Å². The quantitative estimate of drug-likeness (QED) is 0.347. The van der Waals surface area contributed by atoms with Crippen LogP contribution in [-0.4, -0.2) is 51.6 Å². The summed E-state index contributed by atoms with van der Waals surface area (Å²) in [4.78, 5) is 40.9. The topological polar surface area (TPSA) is 104 Å². The molecule has 2 amide bonds. The van der Waals surface area contributed by atoms with Gasteiger partial charge in [0.2, 0.25) is 0 Å². The third kappa shape index (κ3) is 6.86. The van der Waals surface area contributed by atoms with E-state index < -0.39 is 0 Å². The average molecular weight is 595 g/mol. The molecular weight excluding hydrogens is 552 g/mol. The van der Waals surface area contributed by atoms with E-state index in [9.17, 15) is 19.5 Å². The Morgan fingerprint density at radius 2 is 1.59 bits per heavy atom. The van der Waals surface area contributed by atoms with E-state index in [4.69, 9.17) is 0 Å². The average Bonchev–Trinajstić information content (AvgIpc) is 3.00. The number of nitrogens with one attached hydrogen (secondary N) is 2. The maximum Gasteiger partial charge on any atom is 0.274 e. The van der Waals surface area contributed by atoms with Crippen molar-refractivity contribution in [2.75, 3.05) is 18.4 Å². The van der Waals surface area contributed by atoms with Gasteiger partial charge in [0, 0.05) is 48.7 Å². The van der Waals surface area contributed by atoms with E-state index in [2.05, 4.69) is 31.4 Å². The van der Waals surface area contributed by atoms with Crippen LogP contribution in [0.2, 0.25) is 0 Å². The Labute approximate surface area is 259 Å². The Morgan fingerprint density at radius 1 is 0.955 bits per heavy atom. The van der Waals surface area contributed by atoms with Crippen molar-refractivity contribution in [1.29, 1.82) is 0 Å². The smallest absolute Gasteiger partial charge is 0.274 e. The number of nitrogens with zero attached hydrogens (tertiary/aromatic N) is 2. The maximum absolute atomic E-state index is 13.1. The molecule has 0 radical (unpaired) electrons. The van der Waals surface area contributed by atoms with Gasteiger partial charge >= 0.3 is 0 Å². The fourth-order valence-corrected chi connectivity index (χ4v) is 5.72. The highest BCUT2D eigenvalue weighted by atomic mass is 16.3. The SMILES string of the molecule is CC1=C(c2cc(Nc3ccc(C(=O)N4CCC(O)CC4)cc3)c(=O)n(C)c2)C=CCC1NC(=O)c1ccc(C(C)(C)C)cc1. The Hall–Kier alpha value is -4.43. The van der Waals surface area contributed by atoms with Crippen LogP contribution in [0.4, 0.5) is 11.4 Å². The van der Waals surface area contributed by atoms with Crippen molar-refractivity contribution in [3.8, 4) is 0 Å². The third-order valence-corrected chi connectivity index (χ3v) is 8.58. The van der Waals surface area contributed by atoms with Gasteiger partial charge in [-0.2, -0.15) is 0 Å². The van der Waals surface area contributed by atoms with Crippen LogP contribution in [0.25, 0.3) is 5.57 Å². The van der Waals surface area contributed by atoms with E-state index in [1.54, 1.807) is 40.8 Å². The lowest BCUT2D eigenvalue weighted by Crippen LogP contribution is -2.40. The van der Waals surface area contributed by atoms with Crippen molar-refractivity contribution >= 4 is 28.8 Å². The molecule has 1 saturated heterocycles. The standard InChI is InChI=1S/C36H42N4O4/c1-23-30(7-6-8-31(23)38-33(42)24-9-13-27(14-10-24)36(2,3)4)26-21-32(35(44)39(5)22-26)37-28-15-11-25(12-16-28)34(43)40-19-17-29(41)18-20-40/h6-7,9-16,21-22,29,31,37,41H,8,17-20H2,1-5H3,(H,38,42). The van der Waals surface area contributed by atoms with E-state index in [1.807, 2.05) is 55.6 Å². The minimum Gasteiger partial charge on any atom is -0.393 e. The number of benzene rings is 2. The molecule has 0 bridgehead atoms. The number of anilines is 2. The third-order valence-electron chi connectivity index (χ3n) is 8.58. The lowest BCUT2D eigenvalue weighted by Gasteiger charge is -2.29. The second-order valence-corrected chi connectivity index (χ2v) is 12.9. The number of carbonyl (C=O) groups excluding carboxylic acids is 2. The largest absolute Gasteiger partial charge is 0.393 e.